The van der Waals surface area contributed by atoms with Crippen LogP contribution in [-0.2, 0) is 6.54 Å². The minimum atomic E-state index is 0.136. The molecule has 4 rings (SSSR count). The van der Waals surface area contributed by atoms with Crippen molar-refractivity contribution in [1.82, 2.24) is 29.9 Å². The first-order valence-electron chi connectivity index (χ1n) is 8.12. The number of aromatic amines is 1. The number of aromatic nitrogens is 4. The third kappa shape index (κ3) is 3.26. The molecule has 126 valence electrons. The van der Waals surface area contributed by atoms with E-state index in [2.05, 4.69) is 36.8 Å². The zero-order valence-corrected chi connectivity index (χ0v) is 14.4. The van der Waals surface area contributed by atoms with E-state index in [1.807, 2.05) is 23.7 Å². The molecule has 0 aliphatic carbocycles. The van der Waals surface area contributed by atoms with Crippen LogP contribution in [-0.4, -0.2) is 56.1 Å². The van der Waals surface area contributed by atoms with E-state index in [0.717, 1.165) is 43.4 Å². The summed E-state index contributed by atoms with van der Waals surface area (Å²) in [5, 5.41) is 6.14. The van der Waals surface area contributed by atoms with Crippen molar-refractivity contribution in [3.05, 3.63) is 41.6 Å². The predicted molar refractivity (Wildman–Crippen MR) is 91.5 cm³/mol. The monoisotopic (exact) mass is 344 g/mol. The molecule has 4 heterocycles. The van der Waals surface area contributed by atoms with E-state index >= 15 is 0 Å². The van der Waals surface area contributed by atoms with E-state index in [-0.39, 0.29) is 6.04 Å². The second-order valence-electron chi connectivity index (χ2n) is 5.96. The van der Waals surface area contributed by atoms with Crippen LogP contribution in [0.1, 0.15) is 24.7 Å². The molecule has 0 unspecified atom stereocenters. The van der Waals surface area contributed by atoms with Gasteiger partial charge in [-0.3, -0.25) is 9.80 Å². The number of imidazole rings is 1. The summed E-state index contributed by atoms with van der Waals surface area (Å²) in [5.41, 5.74) is 0. The molecule has 24 heavy (non-hydrogen) atoms. The smallest absolute Gasteiger partial charge is 0.244 e. The minimum absolute atomic E-state index is 0.136. The van der Waals surface area contributed by atoms with Crippen molar-refractivity contribution < 1.29 is 4.52 Å². The van der Waals surface area contributed by atoms with Crippen LogP contribution in [0.15, 0.2) is 34.4 Å². The van der Waals surface area contributed by atoms with Crippen molar-refractivity contribution in [2.24, 2.45) is 0 Å². The second-order valence-corrected chi connectivity index (χ2v) is 6.91. The lowest BCUT2D eigenvalue weighted by molar-refractivity contribution is 0.0833. The second kappa shape index (κ2) is 6.84. The summed E-state index contributed by atoms with van der Waals surface area (Å²) >= 11 is 1.62. The highest BCUT2D eigenvalue weighted by Gasteiger charge is 2.26. The molecule has 0 radical (unpaired) electrons. The number of hydrogen-bond acceptors (Lipinski definition) is 7. The summed E-state index contributed by atoms with van der Waals surface area (Å²) in [4.78, 5) is 17.9. The van der Waals surface area contributed by atoms with Gasteiger partial charge in [0.15, 0.2) is 0 Å². The summed E-state index contributed by atoms with van der Waals surface area (Å²) in [5.74, 6) is 2.40. The van der Waals surface area contributed by atoms with Crippen molar-refractivity contribution in [2.75, 3.05) is 26.2 Å². The van der Waals surface area contributed by atoms with Gasteiger partial charge in [0.2, 0.25) is 11.7 Å². The van der Waals surface area contributed by atoms with Crippen LogP contribution in [0.25, 0.3) is 10.7 Å². The highest BCUT2D eigenvalue weighted by Crippen LogP contribution is 2.25. The fourth-order valence-corrected chi connectivity index (χ4v) is 3.62. The molecular formula is C16H20N6OS. The van der Waals surface area contributed by atoms with Crippen LogP contribution in [0.5, 0.6) is 0 Å². The van der Waals surface area contributed by atoms with Gasteiger partial charge in [-0.15, -0.1) is 11.3 Å². The van der Waals surface area contributed by atoms with Gasteiger partial charge >= 0.3 is 0 Å². The van der Waals surface area contributed by atoms with Crippen molar-refractivity contribution in [3.8, 4) is 10.7 Å². The highest BCUT2D eigenvalue weighted by molar-refractivity contribution is 7.13. The Labute approximate surface area is 144 Å². The van der Waals surface area contributed by atoms with Crippen LogP contribution >= 0.6 is 11.3 Å². The number of piperazine rings is 1. The van der Waals surface area contributed by atoms with Crippen LogP contribution < -0.4 is 0 Å². The maximum Gasteiger partial charge on any atom is 0.244 e. The molecule has 1 N–H and O–H groups in total. The fourth-order valence-electron chi connectivity index (χ4n) is 2.97. The molecule has 1 aliphatic heterocycles. The SMILES string of the molecule is C[C@H](c1nc(-c2cccs2)no1)N1CCN(Cc2ncc[nH]2)CC1. The van der Waals surface area contributed by atoms with E-state index in [0.29, 0.717) is 11.7 Å². The Balaban J connectivity index is 1.35. The molecule has 0 amide bonds. The molecular weight excluding hydrogens is 324 g/mol. The molecule has 8 heteroatoms. The Morgan fingerprint density at radius 1 is 1.33 bits per heavy atom. The van der Waals surface area contributed by atoms with Gasteiger partial charge in [-0.2, -0.15) is 4.98 Å². The maximum absolute atomic E-state index is 5.49. The lowest BCUT2D eigenvalue weighted by Gasteiger charge is -2.36. The van der Waals surface area contributed by atoms with Gasteiger partial charge in [0, 0.05) is 38.6 Å². The first-order chi connectivity index (χ1) is 11.8. The lowest BCUT2D eigenvalue weighted by atomic mass is 10.2. The van der Waals surface area contributed by atoms with E-state index in [9.17, 15) is 0 Å². The van der Waals surface area contributed by atoms with E-state index in [1.54, 1.807) is 17.5 Å². The number of thiophene rings is 1. The fraction of sp³-hybridized carbons (Fsp3) is 0.438. The molecule has 1 aliphatic rings. The van der Waals surface area contributed by atoms with E-state index in [1.165, 1.54) is 0 Å². The standard InChI is InChI=1S/C16H20N6OS/c1-12(16-19-15(20-23-16)13-3-2-10-24-13)22-8-6-21(7-9-22)11-14-17-4-5-18-14/h2-5,10,12H,6-9,11H2,1H3,(H,17,18)/t12-/m1/s1. The zero-order valence-electron chi connectivity index (χ0n) is 13.6. The Hall–Kier alpha value is -2.03. The molecule has 3 aromatic heterocycles. The number of nitrogens with one attached hydrogen (secondary N) is 1. The average Bonchev–Trinajstić information content (AvgIpc) is 3.36. The molecule has 3 aromatic rings. The summed E-state index contributed by atoms with van der Waals surface area (Å²) in [6.07, 6.45) is 3.67. The van der Waals surface area contributed by atoms with Crippen molar-refractivity contribution in [2.45, 2.75) is 19.5 Å². The molecule has 0 spiro atoms. The van der Waals surface area contributed by atoms with Gasteiger partial charge in [-0.05, 0) is 18.4 Å². The van der Waals surface area contributed by atoms with Crippen LogP contribution in [0.3, 0.4) is 0 Å². The normalized spacial score (nSPS) is 18.0. The predicted octanol–water partition coefficient (Wildman–Crippen LogP) is 2.40. The number of nitrogens with zero attached hydrogens (tertiary/aromatic N) is 5. The number of hydrogen-bond donors (Lipinski definition) is 1. The summed E-state index contributed by atoms with van der Waals surface area (Å²) in [6.45, 7) is 7.00. The maximum atomic E-state index is 5.49. The third-order valence-corrected chi connectivity index (χ3v) is 5.29. The van der Waals surface area contributed by atoms with Crippen molar-refractivity contribution in [3.63, 3.8) is 0 Å². The van der Waals surface area contributed by atoms with Gasteiger partial charge in [0.25, 0.3) is 0 Å². The Morgan fingerprint density at radius 3 is 2.92 bits per heavy atom. The number of H-pyrrole nitrogens is 1. The van der Waals surface area contributed by atoms with Crippen LogP contribution in [0.4, 0.5) is 0 Å². The molecule has 1 fully saturated rings. The first-order valence-corrected chi connectivity index (χ1v) is 9.00. The summed E-state index contributed by atoms with van der Waals surface area (Å²) < 4.78 is 5.49. The van der Waals surface area contributed by atoms with Crippen LogP contribution in [0.2, 0.25) is 0 Å². The zero-order chi connectivity index (χ0) is 16.4. The van der Waals surface area contributed by atoms with Gasteiger partial charge < -0.3 is 9.51 Å². The first kappa shape index (κ1) is 15.5. The van der Waals surface area contributed by atoms with E-state index in [4.69, 9.17) is 4.52 Å². The Kier molecular flexibility index (Phi) is 4.42. The minimum Gasteiger partial charge on any atom is -0.348 e. The van der Waals surface area contributed by atoms with Gasteiger partial charge in [-0.25, -0.2) is 4.98 Å². The average molecular weight is 344 g/mol. The molecule has 0 aromatic carbocycles. The molecule has 0 bridgehead atoms. The van der Waals surface area contributed by atoms with Crippen LogP contribution in [0, 0.1) is 0 Å². The van der Waals surface area contributed by atoms with E-state index < -0.39 is 0 Å². The van der Waals surface area contributed by atoms with Crippen molar-refractivity contribution >= 4 is 11.3 Å². The molecule has 0 saturated carbocycles. The van der Waals surface area contributed by atoms with Gasteiger partial charge in [-0.1, -0.05) is 11.2 Å². The lowest BCUT2D eigenvalue weighted by Crippen LogP contribution is -2.46. The molecule has 1 atom stereocenters. The summed E-state index contributed by atoms with van der Waals surface area (Å²) in [6, 6.07) is 4.15. The highest BCUT2D eigenvalue weighted by atomic mass is 32.1. The third-order valence-electron chi connectivity index (χ3n) is 4.42. The molecule has 1 saturated heterocycles. The number of rotatable bonds is 5. The Morgan fingerprint density at radius 2 is 2.21 bits per heavy atom. The topological polar surface area (TPSA) is 74.1 Å². The largest absolute Gasteiger partial charge is 0.348 e. The Bertz CT molecular complexity index is 745. The summed E-state index contributed by atoms with van der Waals surface area (Å²) in [7, 11) is 0. The molecule has 7 nitrogen and oxygen atoms in total. The van der Waals surface area contributed by atoms with Gasteiger partial charge in [0.05, 0.1) is 17.5 Å². The van der Waals surface area contributed by atoms with Crippen molar-refractivity contribution in [1.29, 1.82) is 0 Å². The quantitative estimate of drug-likeness (QED) is 0.766. The van der Waals surface area contributed by atoms with Gasteiger partial charge in [0.1, 0.15) is 5.82 Å².